The summed E-state index contributed by atoms with van der Waals surface area (Å²) in [6, 6.07) is 11.7. The summed E-state index contributed by atoms with van der Waals surface area (Å²) in [4.78, 5) is 27.0. The zero-order valence-corrected chi connectivity index (χ0v) is 11.8. The third-order valence-corrected chi connectivity index (χ3v) is 3.03. The minimum Gasteiger partial charge on any atom is -0.480 e. The average Bonchev–Trinajstić information content (AvgIpc) is 2.55. The Morgan fingerprint density at radius 2 is 1.82 bits per heavy atom. The topological polar surface area (TPSA) is 79.3 Å². The number of carbonyl (C=O) groups is 2. The van der Waals surface area contributed by atoms with Crippen LogP contribution in [0.5, 0.6) is 0 Å². The van der Waals surface area contributed by atoms with Gasteiger partial charge in [0.25, 0.3) is 5.91 Å². The van der Waals surface area contributed by atoms with E-state index in [1.807, 2.05) is 36.4 Å². The molecule has 0 aliphatic carbocycles. The number of rotatable bonds is 6. The van der Waals surface area contributed by atoms with E-state index in [1.165, 1.54) is 24.5 Å². The number of hydrogen-bond acceptors (Lipinski definition) is 3. The summed E-state index contributed by atoms with van der Waals surface area (Å²) in [5, 5.41) is 11.7. The van der Waals surface area contributed by atoms with Crippen molar-refractivity contribution in [3.8, 4) is 0 Å². The van der Waals surface area contributed by atoms with Gasteiger partial charge in [-0.2, -0.15) is 0 Å². The Morgan fingerprint density at radius 1 is 1.14 bits per heavy atom. The van der Waals surface area contributed by atoms with E-state index in [-0.39, 0.29) is 6.42 Å². The molecule has 112 valence electrons. The second-order valence-electron chi connectivity index (χ2n) is 4.65. The molecule has 0 fully saturated rings. The molecule has 2 rings (SSSR count). The summed E-state index contributed by atoms with van der Waals surface area (Å²) in [5.41, 5.74) is 1.36. The van der Waals surface area contributed by atoms with Gasteiger partial charge in [-0.1, -0.05) is 42.5 Å². The van der Waals surface area contributed by atoms with Crippen molar-refractivity contribution in [3.05, 3.63) is 72.1 Å². The number of carboxylic acids is 1. The van der Waals surface area contributed by atoms with E-state index in [0.717, 1.165) is 5.56 Å². The van der Waals surface area contributed by atoms with Gasteiger partial charge in [0, 0.05) is 18.0 Å². The van der Waals surface area contributed by atoms with Crippen molar-refractivity contribution in [2.45, 2.75) is 12.5 Å². The highest BCUT2D eigenvalue weighted by molar-refractivity contribution is 5.96. The first-order valence-electron chi connectivity index (χ1n) is 6.82. The summed E-state index contributed by atoms with van der Waals surface area (Å²) in [6.07, 6.45) is 6.75. The number of carbonyl (C=O) groups excluding carboxylic acids is 1. The zero-order valence-electron chi connectivity index (χ0n) is 11.8. The van der Waals surface area contributed by atoms with E-state index in [2.05, 4.69) is 10.3 Å². The summed E-state index contributed by atoms with van der Waals surface area (Å²) in [5.74, 6) is -1.50. The van der Waals surface area contributed by atoms with Gasteiger partial charge in [-0.15, -0.1) is 0 Å². The Balaban J connectivity index is 1.97. The van der Waals surface area contributed by atoms with Crippen LogP contribution >= 0.6 is 0 Å². The first-order chi connectivity index (χ1) is 10.7. The fourth-order valence-corrected chi connectivity index (χ4v) is 1.87. The van der Waals surface area contributed by atoms with Gasteiger partial charge in [-0.05, 0) is 24.1 Å². The van der Waals surface area contributed by atoms with Crippen LogP contribution in [0, 0.1) is 0 Å². The average molecular weight is 296 g/mol. The van der Waals surface area contributed by atoms with Crippen molar-refractivity contribution in [1.82, 2.24) is 10.3 Å². The smallest absolute Gasteiger partial charge is 0.326 e. The van der Waals surface area contributed by atoms with Crippen molar-refractivity contribution in [3.63, 3.8) is 0 Å². The van der Waals surface area contributed by atoms with Crippen molar-refractivity contribution in [1.29, 1.82) is 0 Å². The Hall–Kier alpha value is -2.95. The molecule has 0 aliphatic heterocycles. The standard InChI is InChI=1S/C17H16N2O3/c20-16(14-9-11-18-12-10-14)19-15(17(21)22)8-4-7-13-5-2-1-3-6-13/h1-7,9-12,15H,8H2,(H,19,20)(H,21,22)/b7-4+/t15-/m0/s1. The monoisotopic (exact) mass is 296 g/mol. The second-order valence-corrected chi connectivity index (χ2v) is 4.65. The molecular weight excluding hydrogens is 280 g/mol. The first kappa shape index (κ1) is 15.4. The normalized spacial score (nSPS) is 12.0. The van der Waals surface area contributed by atoms with E-state index in [0.29, 0.717) is 5.56 Å². The van der Waals surface area contributed by atoms with Gasteiger partial charge >= 0.3 is 5.97 Å². The van der Waals surface area contributed by atoms with Crippen LogP contribution in [-0.4, -0.2) is 28.0 Å². The van der Waals surface area contributed by atoms with Crippen LogP contribution in [0.4, 0.5) is 0 Å². The lowest BCUT2D eigenvalue weighted by Crippen LogP contribution is -2.40. The number of amides is 1. The molecule has 1 atom stereocenters. The molecule has 22 heavy (non-hydrogen) atoms. The minimum absolute atomic E-state index is 0.209. The van der Waals surface area contributed by atoms with Crippen molar-refractivity contribution >= 4 is 18.0 Å². The maximum Gasteiger partial charge on any atom is 0.326 e. The highest BCUT2D eigenvalue weighted by Gasteiger charge is 2.19. The van der Waals surface area contributed by atoms with Gasteiger partial charge < -0.3 is 10.4 Å². The van der Waals surface area contributed by atoms with Crippen LogP contribution < -0.4 is 5.32 Å². The molecule has 1 aromatic carbocycles. The number of aromatic nitrogens is 1. The Kier molecular flexibility index (Phi) is 5.43. The van der Waals surface area contributed by atoms with Gasteiger partial charge in [0.05, 0.1) is 0 Å². The molecule has 0 saturated heterocycles. The molecule has 0 saturated carbocycles. The molecule has 0 bridgehead atoms. The van der Waals surface area contributed by atoms with Gasteiger partial charge in [0.2, 0.25) is 0 Å². The van der Waals surface area contributed by atoms with Crippen LogP contribution in [0.25, 0.3) is 6.08 Å². The van der Waals surface area contributed by atoms with Crippen molar-refractivity contribution < 1.29 is 14.7 Å². The quantitative estimate of drug-likeness (QED) is 0.857. The van der Waals surface area contributed by atoms with Crippen LogP contribution in [0.1, 0.15) is 22.3 Å². The summed E-state index contributed by atoms with van der Waals surface area (Å²) in [7, 11) is 0. The molecule has 5 heteroatoms. The molecule has 5 nitrogen and oxygen atoms in total. The number of pyridine rings is 1. The third-order valence-electron chi connectivity index (χ3n) is 3.03. The van der Waals surface area contributed by atoms with Crippen molar-refractivity contribution in [2.24, 2.45) is 0 Å². The minimum atomic E-state index is -1.07. The Morgan fingerprint density at radius 3 is 2.45 bits per heavy atom. The lowest BCUT2D eigenvalue weighted by Gasteiger charge is -2.12. The van der Waals surface area contributed by atoms with Crippen LogP contribution in [0.2, 0.25) is 0 Å². The lowest BCUT2D eigenvalue weighted by molar-refractivity contribution is -0.139. The molecule has 0 spiro atoms. The number of carboxylic acid groups (broad SMARTS) is 1. The molecule has 2 aromatic rings. The van der Waals surface area contributed by atoms with Gasteiger partial charge in [-0.3, -0.25) is 9.78 Å². The van der Waals surface area contributed by atoms with E-state index < -0.39 is 17.9 Å². The summed E-state index contributed by atoms with van der Waals surface area (Å²) >= 11 is 0. The number of benzene rings is 1. The molecule has 0 radical (unpaired) electrons. The maximum absolute atomic E-state index is 12.0. The molecule has 0 aliphatic rings. The SMILES string of the molecule is O=C(N[C@@H](C/C=C/c1ccccc1)C(=O)O)c1ccncc1. The van der Waals surface area contributed by atoms with Crippen LogP contribution in [-0.2, 0) is 4.79 Å². The number of hydrogen-bond donors (Lipinski definition) is 2. The van der Waals surface area contributed by atoms with Gasteiger partial charge in [0.15, 0.2) is 0 Å². The van der Waals surface area contributed by atoms with E-state index >= 15 is 0 Å². The Bertz CT molecular complexity index is 654. The largest absolute Gasteiger partial charge is 0.480 e. The fraction of sp³-hybridized carbons (Fsp3) is 0.118. The first-order valence-corrected chi connectivity index (χ1v) is 6.82. The second kappa shape index (κ2) is 7.73. The Labute approximate surface area is 128 Å². The van der Waals surface area contributed by atoms with E-state index in [4.69, 9.17) is 0 Å². The highest BCUT2D eigenvalue weighted by atomic mass is 16.4. The number of nitrogens with one attached hydrogen (secondary N) is 1. The summed E-state index contributed by atoms with van der Waals surface area (Å²) in [6.45, 7) is 0. The van der Waals surface area contributed by atoms with Crippen LogP contribution in [0.15, 0.2) is 60.9 Å². The maximum atomic E-state index is 12.0. The van der Waals surface area contributed by atoms with Crippen LogP contribution in [0.3, 0.4) is 0 Å². The van der Waals surface area contributed by atoms with E-state index in [9.17, 15) is 14.7 Å². The van der Waals surface area contributed by atoms with Crippen molar-refractivity contribution in [2.75, 3.05) is 0 Å². The predicted molar refractivity (Wildman–Crippen MR) is 83.2 cm³/mol. The predicted octanol–water partition coefficient (Wildman–Crippen LogP) is 2.37. The molecular formula is C17H16N2O3. The molecule has 1 aromatic heterocycles. The van der Waals surface area contributed by atoms with Gasteiger partial charge in [-0.25, -0.2) is 4.79 Å². The zero-order chi connectivity index (χ0) is 15.8. The third kappa shape index (κ3) is 4.56. The molecule has 1 heterocycles. The summed E-state index contributed by atoms with van der Waals surface area (Å²) < 4.78 is 0. The molecule has 1 amide bonds. The van der Waals surface area contributed by atoms with Gasteiger partial charge in [0.1, 0.15) is 6.04 Å². The lowest BCUT2D eigenvalue weighted by atomic mass is 10.1. The molecule has 2 N–H and O–H groups in total. The molecule has 0 unspecified atom stereocenters. The fourth-order valence-electron chi connectivity index (χ4n) is 1.87. The van der Waals surface area contributed by atoms with E-state index in [1.54, 1.807) is 6.08 Å². The highest BCUT2D eigenvalue weighted by Crippen LogP contribution is 2.05. The number of aliphatic carboxylic acids is 1. The number of nitrogens with zero attached hydrogens (tertiary/aromatic N) is 1.